The van der Waals surface area contributed by atoms with Crippen molar-refractivity contribution in [2.45, 2.75) is 18.2 Å². The number of methoxy groups -OCH3 is 1. The molecule has 0 bridgehead atoms. The van der Waals surface area contributed by atoms with Crippen LogP contribution in [0.25, 0.3) is 0 Å². The summed E-state index contributed by atoms with van der Waals surface area (Å²) in [7, 11) is -2.22. The number of sulfonamides is 1. The number of benzene rings is 1. The Balaban J connectivity index is 2.43. The van der Waals surface area contributed by atoms with Gasteiger partial charge in [-0.2, -0.15) is 0 Å². The first kappa shape index (κ1) is 24.8. The smallest absolute Gasteiger partial charge is 0.270 e. The van der Waals surface area contributed by atoms with Crippen LogP contribution in [0.2, 0.25) is 0 Å². The lowest BCUT2D eigenvalue weighted by Crippen LogP contribution is -2.41. The van der Waals surface area contributed by atoms with Crippen molar-refractivity contribution < 1.29 is 22.8 Å². The van der Waals surface area contributed by atoms with Crippen LogP contribution in [-0.2, 0) is 19.5 Å². The van der Waals surface area contributed by atoms with Crippen molar-refractivity contribution >= 4 is 21.7 Å². The lowest BCUT2D eigenvalue weighted by molar-refractivity contribution is -0.385. The minimum atomic E-state index is -3.84. The number of nitrogens with zero attached hydrogens (tertiary/aromatic N) is 2. The van der Waals surface area contributed by atoms with Crippen LogP contribution in [-0.4, -0.2) is 72.4 Å². The van der Waals surface area contributed by atoms with Crippen LogP contribution in [0.1, 0.15) is 13.3 Å². The molecular formula is C17H29N5O6S. The molecule has 11 nitrogen and oxygen atoms in total. The molecule has 0 fully saturated rings. The monoisotopic (exact) mass is 431 g/mol. The highest BCUT2D eigenvalue weighted by Crippen LogP contribution is 2.16. The summed E-state index contributed by atoms with van der Waals surface area (Å²) in [5, 5.41) is 16.9. The highest BCUT2D eigenvalue weighted by molar-refractivity contribution is 7.89. The molecule has 1 rings (SSSR count). The van der Waals surface area contributed by atoms with Gasteiger partial charge in [-0.05, 0) is 19.4 Å². The molecule has 0 aromatic heterocycles. The number of nitro groups is 1. The first-order valence-electron chi connectivity index (χ1n) is 9.23. The molecule has 0 unspecified atom stereocenters. The molecule has 0 heterocycles. The van der Waals surface area contributed by atoms with Crippen LogP contribution in [0.15, 0.2) is 34.2 Å². The molecule has 1 aromatic carbocycles. The van der Waals surface area contributed by atoms with E-state index in [1.807, 2.05) is 6.92 Å². The van der Waals surface area contributed by atoms with E-state index in [0.29, 0.717) is 45.4 Å². The summed E-state index contributed by atoms with van der Waals surface area (Å²) >= 11 is 0. The predicted molar refractivity (Wildman–Crippen MR) is 110 cm³/mol. The molecule has 3 N–H and O–H groups in total. The van der Waals surface area contributed by atoms with E-state index in [4.69, 9.17) is 9.47 Å². The van der Waals surface area contributed by atoms with Crippen LogP contribution in [0, 0.1) is 10.1 Å². The Bertz CT molecular complexity index is 756. The quantitative estimate of drug-likeness (QED) is 0.127. The average Bonchev–Trinajstić information content (AvgIpc) is 2.70. The minimum absolute atomic E-state index is 0.0928. The molecule has 0 spiro atoms. The standard InChI is InChI=1S/C17H29N5O6S/c1-3-18-17(19-8-5-11-28-13-12-27-2)20-9-10-21-29(25,26)16-7-4-6-15(14-16)22(23)24/h4,6-7,14,21H,3,5,8-13H2,1-2H3,(H2,18,19,20). The van der Waals surface area contributed by atoms with E-state index in [9.17, 15) is 18.5 Å². The molecule has 0 amide bonds. The average molecular weight is 432 g/mol. The van der Waals surface area contributed by atoms with Gasteiger partial charge in [-0.25, -0.2) is 13.1 Å². The Morgan fingerprint density at radius 2 is 2.00 bits per heavy atom. The van der Waals surface area contributed by atoms with Gasteiger partial charge in [0.2, 0.25) is 10.0 Å². The Morgan fingerprint density at radius 1 is 1.21 bits per heavy atom. The van der Waals surface area contributed by atoms with Gasteiger partial charge in [0, 0.05) is 52.0 Å². The number of guanidine groups is 1. The second kappa shape index (κ2) is 13.8. The van der Waals surface area contributed by atoms with Crippen LogP contribution < -0.4 is 15.4 Å². The highest BCUT2D eigenvalue weighted by Gasteiger charge is 2.16. The Labute approximate surface area is 171 Å². The van der Waals surface area contributed by atoms with Gasteiger partial charge in [0.05, 0.1) is 23.0 Å². The topological polar surface area (TPSA) is 144 Å². The molecule has 1 aromatic rings. The van der Waals surface area contributed by atoms with Gasteiger partial charge in [-0.15, -0.1) is 0 Å². The summed E-state index contributed by atoms with van der Waals surface area (Å²) in [6, 6.07) is 4.90. The molecule has 0 saturated carbocycles. The molecule has 164 valence electrons. The summed E-state index contributed by atoms with van der Waals surface area (Å²) in [5.74, 6) is 0.568. The van der Waals surface area contributed by atoms with E-state index in [1.165, 1.54) is 18.2 Å². The fourth-order valence-corrected chi connectivity index (χ4v) is 3.23. The van der Waals surface area contributed by atoms with Crippen molar-refractivity contribution in [1.29, 1.82) is 0 Å². The van der Waals surface area contributed by atoms with Crippen LogP contribution in [0.5, 0.6) is 0 Å². The fraction of sp³-hybridized carbons (Fsp3) is 0.588. The van der Waals surface area contributed by atoms with E-state index in [2.05, 4.69) is 20.3 Å². The predicted octanol–water partition coefficient (Wildman–Crippen LogP) is 0.481. The molecule has 0 aliphatic heterocycles. The molecule has 29 heavy (non-hydrogen) atoms. The van der Waals surface area contributed by atoms with Gasteiger partial charge in [0.15, 0.2) is 5.96 Å². The molecular weight excluding hydrogens is 402 g/mol. The maximum Gasteiger partial charge on any atom is 0.270 e. The Kier molecular flexibility index (Phi) is 11.8. The van der Waals surface area contributed by atoms with E-state index < -0.39 is 14.9 Å². The maximum atomic E-state index is 12.3. The van der Waals surface area contributed by atoms with E-state index >= 15 is 0 Å². The SMILES string of the molecule is CCNC(=NCCCOCCOC)NCCNS(=O)(=O)c1cccc([N+](=O)[O-])c1. The van der Waals surface area contributed by atoms with Gasteiger partial charge in [-0.3, -0.25) is 15.1 Å². The van der Waals surface area contributed by atoms with Gasteiger partial charge in [0.25, 0.3) is 5.69 Å². The summed E-state index contributed by atoms with van der Waals surface area (Å²) in [4.78, 5) is 14.4. The third-order valence-electron chi connectivity index (χ3n) is 3.54. The molecule has 12 heteroatoms. The minimum Gasteiger partial charge on any atom is -0.382 e. The van der Waals surface area contributed by atoms with Crippen molar-refractivity contribution in [3.63, 3.8) is 0 Å². The van der Waals surface area contributed by atoms with E-state index in [1.54, 1.807) is 7.11 Å². The van der Waals surface area contributed by atoms with Crippen molar-refractivity contribution in [3.05, 3.63) is 34.4 Å². The number of ether oxygens (including phenoxy) is 2. The first-order valence-corrected chi connectivity index (χ1v) is 10.7. The zero-order chi connectivity index (χ0) is 21.5. The van der Waals surface area contributed by atoms with E-state index in [0.717, 1.165) is 12.5 Å². The summed E-state index contributed by atoms with van der Waals surface area (Å²) in [5.41, 5.74) is -0.279. The second-order valence-corrected chi connectivity index (χ2v) is 7.57. The molecule has 0 saturated heterocycles. The van der Waals surface area contributed by atoms with Crippen LogP contribution >= 0.6 is 0 Å². The van der Waals surface area contributed by atoms with Crippen molar-refractivity contribution in [1.82, 2.24) is 15.4 Å². The van der Waals surface area contributed by atoms with Gasteiger partial charge in [0.1, 0.15) is 0 Å². The van der Waals surface area contributed by atoms with E-state index in [-0.39, 0.29) is 17.1 Å². The lowest BCUT2D eigenvalue weighted by atomic mass is 10.3. The van der Waals surface area contributed by atoms with Crippen LogP contribution in [0.4, 0.5) is 5.69 Å². The number of rotatable bonds is 14. The molecule has 0 atom stereocenters. The van der Waals surface area contributed by atoms with Crippen LogP contribution in [0.3, 0.4) is 0 Å². The molecule has 0 aliphatic rings. The summed E-state index contributed by atoms with van der Waals surface area (Å²) in [6.45, 7) is 5.21. The number of hydrogen-bond donors (Lipinski definition) is 3. The Morgan fingerprint density at radius 3 is 2.69 bits per heavy atom. The van der Waals surface area contributed by atoms with Gasteiger partial charge >= 0.3 is 0 Å². The zero-order valence-electron chi connectivity index (χ0n) is 16.7. The number of hydrogen-bond acceptors (Lipinski definition) is 7. The number of nitro benzene ring substituents is 1. The van der Waals surface area contributed by atoms with Crippen molar-refractivity contribution in [2.75, 3.05) is 53.1 Å². The summed E-state index contributed by atoms with van der Waals surface area (Å²) in [6.07, 6.45) is 0.750. The first-order chi connectivity index (χ1) is 13.9. The number of non-ortho nitro benzene ring substituents is 1. The third-order valence-corrected chi connectivity index (χ3v) is 5.00. The normalized spacial score (nSPS) is 12.0. The Hall–Kier alpha value is -2.28. The zero-order valence-corrected chi connectivity index (χ0v) is 17.5. The van der Waals surface area contributed by atoms with Crippen molar-refractivity contribution in [2.24, 2.45) is 4.99 Å². The maximum absolute atomic E-state index is 12.3. The lowest BCUT2D eigenvalue weighted by Gasteiger charge is -2.12. The number of nitrogens with one attached hydrogen (secondary N) is 3. The third kappa shape index (κ3) is 10.2. The second-order valence-electron chi connectivity index (χ2n) is 5.80. The highest BCUT2D eigenvalue weighted by atomic mass is 32.2. The molecule has 0 radical (unpaired) electrons. The number of aliphatic imine (C=N–C) groups is 1. The van der Waals surface area contributed by atoms with Crippen molar-refractivity contribution in [3.8, 4) is 0 Å². The summed E-state index contributed by atoms with van der Waals surface area (Å²) < 4.78 is 37.2. The van der Waals surface area contributed by atoms with Gasteiger partial charge < -0.3 is 20.1 Å². The largest absolute Gasteiger partial charge is 0.382 e. The fourth-order valence-electron chi connectivity index (χ4n) is 2.16. The molecule has 0 aliphatic carbocycles. The van der Waals surface area contributed by atoms with Gasteiger partial charge in [-0.1, -0.05) is 6.07 Å².